The minimum Gasteiger partial charge on any atom is -0.493 e. The minimum atomic E-state index is -0.671. The van der Waals surface area contributed by atoms with E-state index in [1.54, 1.807) is 30.3 Å². The van der Waals surface area contributed by atoms with Gasteiger partial charge in [-0.25, -0.2) is 9.18 Å². The summed E-state index contributed by atoms with van der Waals surface area (Å²) >= 11 is 0. The average molecular weight is 651 g/mol. The largest absolute Gasteiger partial charge is 0.493 e. The Morgan fingerprint density at radius 3 is 2.30 bits per heavy atom. The van der Waals surface area contributed by atoms with Crippen LogP contribution in [-0.4, -0.2) is 68.9 Å². The summed E-state index contributed by atoms with van der Waals surface area (Å²) in [7, 11) is 1.43. The predicted molar refractivity (Wildman–Crippen MR) is 182 cm³/mol. The van der Waals surface area contributed by atoms with E-state index >= 15 is 0 Å². The van der Waals surface area contributed by atoms with E-state index in [0.717, 1.165) is 75.9 Å². The molecule has 11 heteroatoms. The molecule has 1 aliphatic rings. The van der Waals surface area contributed by atoms with Crippen LogP contribution in [-0.2, 0) is 4.74 Å². The molecule has 1 saturated heterocycles. The summed E-state index contributed by atoms with van der Waals surface area (Å²) in [5.74, 6) is 0.651. The van der Waals surface area contributed by atoms with Gasteiger partial charge in [-0.3, -0.25) is 4.79 Å². The van der Waals surface area contributed by atoms with Gasteiger partial charge in [0.05, 0.1) is 19.4 Å². The second-order valence-electron chi connectivity index (χ2n) is 11.5. The summed E-state index contributed by atoms with van der Waals surface area (Å²) in [6, 6.07) is 14.2. The van der Waals surface area contributed by atoms with Gasteiger partial charge in [0.25, 0.3) is 5.91 Å². The smallest absolute Gasteiger partial charge is 0.319 e. The van der Waals surface area contributed by atoms with Gasteiger partial charge < -0.3 is 39.8 Å². The first-order valence-electron chi connectivity index (χ1n) is 16.3. The molecule has 0 spiro atoms. The van der Waals surface area contributed by atoms with Gasteiger partial charge in [-0.1, -0.05) is 13.8 Å². The van der Waals surface area contributed by atoms with Gasteiger partial charge in [0.1, 0.15) is 17.6 Å². The fourth-order valence-corrected chi connectivity index (χ4v) is 5.33. The Morgan fingerprint density at radius 2 is 1.66 bits per heavy atom. The number of ether oxygens (including phenoxy) is 4. The highest BCUT2D eigenvalue weighted by atomic mass is 19.1. The number of anilines is 2. The average Bonchev–Trinajstić information content (AvgIpc) is 3.07. The molecule has 47 heavy (non-hydrogen) atoms. The number of piperidine rings is 1. The molecule has 0 radical (unpaired) electrons. The molecule has 0 aromatic heterocycles. The van der Waals surface area contributed by atoms with Crippen molar-refractivity contribution in [3.63, 3.8) is 0 Å². The molecule has 0 atom stereocenters. The first-order valence-corrected chi connectivity index (χ1v) is 16.3. The van der Waals surface area contributed by atoms with Gasteiger partial charge in [0.2, 0.25) is 0 Å². The number of nitrogens with zero attached hydrogens (tertiary/aromatic N) is 1. The molecule has 4 rings (SSSR count). The second-order valence-corrected chi connectivity index (χ2v) is 11.5. The monoisotopic (exact) mass is 650 g/mol. The zero-order valence-corrected chi connectivity index (χ0v) is 28.0. The van der Waals surface area contributed by atoms with Crippen molar-refractivity contribution < 1.29 is 32.9 Å². The number of hydrogen-bond acceptors (Lipinski definition) is 7. The van der Waals surface area contributed by atoms with Crippen molar-refractivity contribution in [3.05, 3.63) is 71.5 Å². The predicted octanol–water partition coefficient (Wildman–Crippen LogP) is 7.38. The molecule has 1 fully saturated rings. The minimum absolute atomic E-state index is 0.00486. The third kappa shape index (κ3) is 10.3. The van der Waals surface area contributed by atoms with E-state index in [4.69, 9.17) is 18.9 Å². The van der Waals surface area contributed by atoms with Crippen LogP contribution in [0.5, 0.6) is 23.0 Å². The third-order valence-corrected chi connectivity index (χ3v) is 8.18. The highest BCUT2D eigenvalue weighted by Crippen LogP contribution is 2.36. The Kier molecular flexibility index (Phi) is 13.2. The molecule has 0 aliphatic carbocycles. The zero-order chi connectivity index (χ0) is 33.8. The van der Waals surface area contributed by atoms with E-state index in [-0.39, 0.29) is 35.2 Å². The number of methoxy groups -OCH3 is 1. The fraction of sp³-hybridized carbons (Fsp3) is 0.444. The van der Waals surface area contributed by atoms with Gasteiger partial charge in [0, 0.05) is 55.7 Å². The lowest BCUT2D eigenvalue weighted by atomic mass is 10.1. The van der Waals surface area contributed by atoms with E-state index < -0.39 is 11.8 Å². The highest BCUT2D eigenvalue weighted by Gasteiger charge is 2.21. The molecule has 1 heterocycles. The van der Waals surface area contributed by atoms with Gasteiger partial charge in [-0.2, -0.15) is 0 Å². The van der Waals surface area contributed by atoms with Crippen LogP contribution in [0.15, 0.2) is 54.6 Å². The van der Waals surface area contributed by atoms with Crippen molar-refractivity contribution in [1.29, 1.82) is 0 Å². The van der Waals surface area contributed by atoms with Crippen LogP contribution in [0.3, 0.4) is 0 Å². The molecular formula is C36H47FN4O6. The maximum atomic E-state index is 14.9. The van der Waals surface area contributed by atoms with Crippen LogP contribution in [0.2, 0.25) is 0 Å². The van der Waals surface area contributed by atoms with Crippen LogP contribution < -0.4 is 30.2 Å². The summed E-state index contributed by atoms with van der Waals surface area (Å²) in [6.07, 6.45) is 3.59. The lowest BCUT2D eigenvalue weighted by molar-refractivity contribution is 0.0688. The van der Waals surface area contributed by atoms with Crippen LogP contribution in [0, 0.1) is 12.7 Å². The SMILES string of the molecule is CCOCCN1CCC(Oc2ccc(C(=O)Nc3ccc(Oc4cc(F)c(NC(=O)NC(CC)CC)cc4OC)cc3)cc2C)CC1. The highest BCUT2D eigenvalue weighted by molar-refractivity contribution is 6.04. The lowest BCUT2D eigenvalue weighted by Crippen LogP contribution is -2.39. The summed E-state index contributed by atoms with van der Waals surface area (Å²) < 4.78 is 37.9. The second kappa shape index (κ2) is 17.5. The Morgan fingerprint density at radius 1 is 0.936 bits per heavy atom. The molecule has 3 N–H and O–H groups in total. The van der Waals surface area contributed by atoms with E-state index in [9.17, 15) is 14.0 Å². The topological polar surface area (TPSA) is 110 Å². The Bertz CT molecular complexity index is 1470. The summed E-state index contributed by atoms with van der Waals surface area (Å²) in [4.78, 5) is 27.7. The zero-order valence-electron chi connectivity index (χ0n) is 28.0. The molecule has 1 aliphatic heterocycles. The number of carbonyl (C=O) groups excluding carboxylic acids is 2. The van der Waals surface area contributed by atoms with Crippen molar-refractivity contribution in [3.8, 4) is 23.0 Å². The van der Waals surface area contributed by atoms with E-state index in [1.165, 1.54) is 13.2 Å². The van der Waals surface area contributed by atoms with Gasteiger partial charge >= 0.3 is 6.03 Å². The number of likely N-dealkylation sites (tertiary alicyclic amines) is 1. The summed E-state index contributed by atoms with van der Waals surface area (Å²) in [5.41, 5.74) is 1.95. The Labute approximate surface area is 276 Å². The molecule has 0 bridgehead atoms. The molecular weight excluding hydrogens is 603 g/mol. The molecule has 3 amide bonds. The number of rotatable bonds is 15. The van der Waals surface area contributed by atoms with Crippen molar-refractivity contribution in [2.75, 3.05) is 50.6 Å². The van der Waals surface area contributed by atoms with Crippen LogP contribution in [0.25, 0.3) is 0 Å². The van der Waals surface area contributed by atoms with Crippen LogP contribution in [0.4, 0.5) is 20.6 Å². The van der Waals surface area contributed by atoms with Crippen molar-refractivity contribution >= 4 is 23.3 Å². The third-order valence-electron chi connectivity index (χ3n) is 8.18. The van der Waals surface area contributed by atoms with Gasteiger partial charge in [0.15, 0.2) is 17.3 Å². The van der Waals surface area contributed by atoms with E-state index in [2.05, 4.69) is 20.9 Å². The number of nitrogens with one attached hydrogen (secondary N) is 3. The number of amides is 3. The van der Waals surface area contributed by atoms with Gasteiger partial charge in [-0.15, -0.1) is 0 Å². The number of carbonyl (C=O) groups is 2. The maximum absolute atomic E-state index is 14.9. The standard InChI is InChI=1S/C36H47FN4O6/c1-6-26(7-2)39-36(43)40-31-23-33(44-5)34(22-30(31)37)47-28-12-10-27(11-13-28)38-35(42)25-9-14-32(24(4)21-25)46-29-15-17-41(18-16-29)19-20-45-8-3/h9-14,21-23,26,29H,6-8,15-20H2,1-5H3,(H,38,42)(H2,39,40,43). The number of benzene rings is 3. The maximum Gasteiger partial charge on any atom is 0.319 e. The summed E-state index contributed by atoms with van der Waals surface area (Å²) in [5, 5.41) is 8.25. The van der Waals surface area contributed by atoms with Crippen molar-refractivity contribution in [2.24, 2.45) is 0 Å². The first-order chi connectivity index (χ1) is 22.7. The Hall–Kier alpha value is -4.35. The Balaban J connectivity index is 1.31. The lowest BCUT2D eigenvalue weighted by Gasteiger charge is -2.32. The molecule has 10 nitrogen and oxygen atoms in total. The quantitative estimate of drug-likeness (QED) is 0.147. The fourth-order valence-electron chi connectivity index (χ4n) is 5.33. The molecule has 0 unspecified atom stereocenters. The van der Waals surface area contributed by atoms with E-state index in [0.29, 0.717) is 17.0 Å². The number of aryl methyl sites for hydroxylation is 1. The number of urea groups is 1. The normalized spacial score (nSPS) is 13.7. The van der Waals surface area contributed by atoms with Crippen LogP contribution >= 0.6 is 0 Å². The number of hydrogen-bond donors (Lipinski definition) is 3. The van der Waals surface area contributed by atoms with E-state index in [1.807, 2.05) is 39.8 Å². The molecule has 0 saturated carbocycles. The van der Waals surface area contributed by atoms with Gasteiger partial charge in [-0.05, 0) is 87.6 Å². The molecule has 3 aromatic rings. The van der Waals surface area contributed by atoms with Crippen molar-refractivity contribution in [2.45, 2.75) is 65.5 Å². The van der Waals surface area contributed by atoms with Crippen LogP contribution in [0.1, 0.15) is 62.4 Å². The molecule has 3 aromatic carbocycles. The summed E-state index contributed by atoms with van der Waals surface area (Å²) in [6.45, 7) is 12.3. The first kappa shape index (κ1) is 35.5. The molecule has 254 valence electrons. The number of halogens is 1. The van der Waals surface area contributed by atoms with Crippen molar-refractivity contribution in [1.82, 2.24) is 10.2 Å².